The van der Waals surface area contributed by atoms with Crippen molar-refractivity contribution < 1.29 is 14.3 Å². The Labute approximate surface area is 192 Å². The van der Waals surface area contributed by atoms with Gasteiger partial charge in [0.1, 0.15) is 11.3 Å². The lowest BCUT2D eigenvalue weighted by Crippen LogP contribution is -2.30. The van der Waals surface area contributed by atoms with Crippen molar-refractivity contribution in [3.8, 4) is 11.1 Å². The van der Waals surface area contributed by atoms with Gasteiger partial charge in [0.25, 0.3) is 5.91 Å². The normalized spacial score (nSPS) is 12.8. The third-order valence-electron chi connectivity index (χ3n) is 5.72. The Morgan fingerprint density at radius 1 is 1.03 bits per heavy atom. The van der Waals surface area contributed by atoms with Crippen LogP contribution in [0.4, 0.5) is 5.69 Å². The van der Waals surface area contributed by atoms with Gasteiger partial charge >= 0.3 is 5.97 Å². The zero-order valence-corrected chi connectivity index (χ0v) is 18.8. The molecule has 0 saturated carbocycles. The standard InChI is InChI=1S/C26H26N4O3/c1-4-16(2)18-5-7-22(8-6-18)30-25(31)17(3)33-26(32)23-14-19(9-11-27-23)21-13-20-10-12-28-24(20)29-15-21/h5-17H,4H2,1-3H3,(H,28,29)(H,30,31). The topological polar surface area (TPSA) is 97.0 Å². The molecule has 0 fully saturated rings. The van der Waals surface area contributed by atoms with Crippen LogP contribution in [0.2, 0.25) is 0 Å². The summed E-state index contributed by atoms with van der Waals surface area (Å²) in [7, 11) is 0. The number of esters is 1. The summed E-state index contributed by atoms with van der Waals surface area (Å²) in [6.45, 7) is 5.83. The van der Waals surface area contributed by atoms with Crippen molar-refractivity contribution in [3.63, 3.8) is 0 Å². The summed E-state index contributed by atoms with van der Waals surface area (Å²) < 4.78 is 5.36. The molecule has 7 heteroatoms. The van der Waals surface area contributed by atoms with Crippen molar-refractivity contribution in [2.24, 2.45) is 0 Å². The summed E-state index contributed by atoms with van der Waals surface area (Å²) in [6, 6.07) is 15.0. The maximum absolute atomic E-state index is 12.6. The Morgan fingerprint density at radius 3 is 2.58 bits per heavy atom. The van der Waals surface area contributed by atoms with Gasteiger partial charge in [0, 0.05) is 35.2 Å². The Kier molecular flexibility index (Phi) is 6.49. The molecule has 0 aliphatic carbocycles. The lowest BCUT2D eigenvalue weighted by atomic mass is 9.99. The van der Waals surface area contributed by atoms with E-state index in [1.165, 1.54) is 18.7 Å². The number of amides is 1. The average molecular weight is 443 g/mol. The highest BCUT2D eigenvalue weighted by molar-refractivity contribution is 5.97. The van der Waals surface area contributed by atoms with Crippen molar-refractivity contribution in [1.82, 2.24) is 15.0 Å². The first-order valence-corrected chi connectivity index (χ1v) is 11.0. The van der Waals surface area contributed by atoms with Crippen LogP contribution in [-0.4, -0.2) is 32.9 Å². The van der Waals surface area contributed by atoms with Crippen molar-refractivity contribution in [1.29, 1.82) is 0 Å². The number of carbonyl (C=O) groups is 2. The van der Waals surface area contributed by atoms with Crippen LogP contribution in [0.3, 0.4) is 0 Å². The zero-order valence-electron chi connectivity index (χ0n) is 18.8. The van der Waals surface area contributed by atoms with E-state index < -0.39 is 18.0 Å². The Hall–Kier alpha value is -4.00. The number of rotatable bonds is 7. The van der Waals surface area contributed by atoms with Gasteiger partial charge in [-0.15, -0.1) is 0 Å². The van der Waals surface area contributed by atoms with E-state index in [9.17, 15) is 9.59 Å². The summed E-state index contributed by atoms with van der Waals surface area (Å²) >= 11 is 0. The fraction of sp³-hybridized carbons (Fsp3) is 0.231. The zero-order chi connectivity index (χ0) is 23.4. The van der Waals surface area contributed by atoms with Crippen molar-refractivity contribution in [2.45, 2.75) is 39.2 Å². The highest BCUT2D eigenvalue weighted by Crippen LogP contribution is 2.23. The van der Waals surface area contributed by atoms with Gasteiger partial charge < -0.3 is 15.0 Å². The minimum absolute atomic E-state index is 0.124. The Morgan fingerprint density at radius 2 is 1.82 bits per heavy atom. The van der Waals surface area contributed by atoms with Gasteiger partial charge in [-0.25, -0.2) is 14.8 Å². The summed E-state index contributed by atoms with van der Waals surface area (Å²) in [5, 5.41) is 3.76. The molecular weight excluding hydrogens is 416 g/mol. The lowest BCUT2D eigenvalue weighted by molar-refractivity contribution is -0.123. The van der Waals surface area contributed by atoms with E-state index in [2.05, 4.69) is 34.1 Å². The number of hydrogen-bond donors (Lipinski definition) is 2. The second kappa shape index (κ2) is 9.65. The second-order valence-corrected chi connectivity index (χ2v) is 8.04. The predicted molar refractivity (Wildman–Crippen MR) is 128 cm³/mol. The van der Waals surface area contributed by atoms with E-state index in [1.54, 1.807) is 18.3 Å². The molecule has 3 heterocycles. The number of carbonyl (C=O) groups excluding carboxylic acids is 2. The molecule has 0 saturated heterocycles. The van der Waals surface area contributed by atoms with Crippen LogP contribution in [0.15, 0.2) is 67.1 Å². The van der Waals surface area contributed by atoms with Crippen LogP contribution in [0.1, 0.15) is 49.2 Å². The lowest BCUT2D eigenvalue weighted by Gasteiger charge is -2.14. The van der Waals surface area contributed by atoms with Gasteiger partial charge in [0.05, 0.1) is 0 Å². The predicted octanol–water partition coefficient (Wildman–Crippen LogP) is 5.32. The van der Waals surface area contributed by atoms with Crippen LogP contribution in [0.25, 0.3) is 22.2 Å². The van der Waals surface area contributed by atoms with Crippen molar-refractivity contribution >= 4 is 28.6 Å². The van der Waals surface area contributed by atoms with Crippen molar-refractivity contribution in [2.75, 3.05) is 5.32 Å². The number of hydrogen-bond acceptors (Lipinski definition) is 5. The molecule has 0 radical (unpaired) electrons. The van der Waals surface area contributed by atoms with Crippen molar-refractivity contribution in [3.05, 3.63) is 78.4 Å². The van der Waals surface area contributed by atoms with Gasteiger partial charge in [-0.05, 0) is 66.8 Å². The third-order valence-corrected chi connectivity index (χ3v) is 5.72. The monoisotopic (exact) mass is 442 g/mol. The molecular formula is C26H26N4O3. The van der Waals surface area contributed by atoms with Gasteiger partial charge in [-0.1, -0.05) is 26.0 Å². The molecule has 0 bridgehead atoms. The quantitative estimate of drug-likeness (QED) is 0.378. The molecule has 1 amide bonds. The van der Waals surface area contributed by atoms with E-state index in [4.69, 9.17) is 4.74 Å². The molecule has 7 nitrogen and oxygen atoms in total. The average Bonchev–Trinajstić information content (AvgIpc) is 3.32. The molecule has 0 aliphatic rings. The number of benzene rings is 1. The number of aromatic nitrogens is 3. The van der Waals surface area contributed by atoms with E-state index in [1.807, 2.05) is 42.6 Å². The number of nitrogens with zero attached hydrogens (tertiary/aromatic N) is 2. The highest BCUT2D eigenvalue weighted by Gasteiger charge is 2.20. The molecule has 0 spiro atoms. The molecule has 33 heavy (non-hydrogen) atoms. The van der Waals surface area contributed by atoms with Gasteiger partial charge in [0.15, 0.2) is 6.10 Å². The number of ether oxygens (including phenoxy) is 1. The van der Waals surface area contributed by atoms with Crippen LogP contribution in [-0.2, 0) is 9.53 Å². The number of H-pyrrole nitrogens is 1. The van der Waals surface area contributed by atoms with Crippen LogP contribution in [0, 0.1) is 0 Å². The smallest absolute Gasteiger partial charge is 0.357 e. The fourth-order valence-electron chi connectivity index (χ4n) is 3.47. The first-order valence-electron chi connectivity index (χ1n) is 11.0. The number of aromatic amines is 1. The first kappa shape index (κ1) is 22.2. The summed E-state index contributed by atoms with van der Waals surface area (Å²) in [4.78, 5) is 36.7. The van der Waals surface area contributed by atoms with Gasteiger partial charge in [-0.3, -0.25) is 4.79 Å². The minimum atomic E-state index is -0.977. The van der Waals surface area contributed by atoms with E-state index in [0.29, 0.717) is 11.6 Å². The number of pyridine rings is 2. The second-order valence-electron chi connectivity index (χ2n) is 8.04. The molecule has 2 atom stereocenters. The maximum atomic E-state index is 12.6. The summed E-state index contributed by atoms with van der Waals surface area (Å²) in [5.74, 6) is -0.612. The molecule has 0 aliphatic heterocycles. The van der Waals surface area contributed by atoms with E-state index in [0.717, 1.165) is 28.6 Å². The summed E-state index contributed by atoms with van der Waals surface area (Å²) in [6.07, 6.45) is 5.16. The molecule has 4 rings (SSSR count). The largest absolute Gasteiger partial charge is 0.448 e. The maximum Gasteiger partial charge on any atom is 0.357 e. The first-order chi connectivity index (χ1) is 15.9. The molecule has 3 aromatic heterocycles. The van der Waals surface area contributed by atoms with Gasteiger partial charge in [-0.2, -0.15) is 0 Å². The van der Waals surface area contributed by atoms with Crippen LogP contribution < -0.4 is 5.32 Å². The highest BCUT2D eigenvalue weighted by atomic mass is 16.5. The number of fused-ring (bicyclic) bond motifs is 1. The Balaban J connectivity index is 1.41. The number of anilines is 1. The molecule has 4 aromatic rings. The van der Waals surface area contributed by atoms with Crippen LogP contribution >= 0.6 is 0 Å². The molecule has 2 N–H and O–H groups in total. The molecule has 1 aromatic carbocycles. The Bertz CT molecular complexity index is 1280. The van der Waals surface area contributed by atoms with Gasteiger partial charge in [0.2, 0.25) is 0 Å². The molecule has 168 valence electrons. The SMILES string of the molecule is CCC(C)c1ccc(NC(=O)C(C)OC(=O)c2cc(-c3cnc4[nH]ccc4c3)ccn2)cc1. The fourth-order valence-corrected chi connectivity index (χ4v) is 3.47. The van der Waals surface area contributed by atoms with Crippen LogP contribution in [0.5, 0.6) is 0 Å². The summed E-state index contributed by atoms with van der Waals surface area (Å²) in [5.41, 5.74) is 4.42. The number of nitrogens with one attached hydrogen (secondary N) is 2. The minimum Gasteiger partial charge on any atom is -0.448 e. The molecule has 2 unspecified atom stereocenters. The van der Waals surface area contributed by atoms with E-state index >= 15 is 0 Å². The van der Waals surface area contributed by atoms with E-state index in [-0.39, 0.29) is 5.69 Å². The third kappa shape index (κ3) is 5.09.